The highest BCUT2D eigenvalue weighted by atomic mass is 31.2. The maximum atomic E-state index is 14.3. The van der Waals surface area contributed by atoms with Crippen LogP contribution in [0.15, 0.2) is 115 Å². The van der Waals surface area contributed by atoms with Crippen LogP contribution in [0.25, 0.3) is 0 Å². The molecule has 1 atom stereocenters. The summed E-state index contributed by atoms with van der Waals surface area (Å²) in [7, 11) is 0. The van der Waals surface area contributed by atoms with Crippen LogP contribution in [0.2, 0.25) is 0 Å². The monoisotopic (exact) mass is 463 g/mol. The van der Waals surface area contributed by atoms with Gasteiger partial charge in [-0.2, -0.15) is 0 Å². The SMILES string of the molecule is Cc1ccc(N2C(=O)C(=P(c3ccccc3)(c3ccccc3)c3ccccc3)C(C)C2=O)cc1. The molecule has 0 saturated carbocycles. The van der Waals surface area contributed by atoms with Gasteiger partial charge in [-0.3, -0.25) is 9.59 Å². The van der Waals surface area contributed by atoms with E-state index in [1.54, 1.807) is 0 Å². The van der Waals surface area contributed by atoms with E-state index in [0.29, 0.717) is 11.0 Å². The third-order valence-corrected chi connectivity index (χ3v) is 11.0. The fourth-order valence-electron chi connectivity index (χ4n) is 4.90. The standard InChI is InChI=1S/C30H26NO2P/c1-22-18-20-24(21-19-22)31-29(32)23(2)28(30(31)33)34(25-12-6-3-7-13-25,26-14-8-4-9-15-26)27-16-10-5-11-17-27/h3-21,23H,1-2H3. The maximum absolute atomic E-state index is 14.3. The maximum Gasteiger partial charge on any atom is 0.262 e. The molecule has 1 saturated heterocycles. The van der Waals surface area contributed by atoms with Crippen LogP contribution >= 0.6 is 6.89 Å². The lowest BCUT2D eigenvalue weighted by Gasteiger charge is -2.31. The van der Waals surface area contributed by atoms with Crippen LogP contribution in [0, 0.1) is 12.8 Å². The number of benzene rings is 4. The molecule has 4 aromatic carbocycles. The molecule has 1 aliphatic heterocycles. The Bertz CT molecular complexity index is 1290. The highest BCUT2D eigenvalue weighted by Crippen LogP contribution is 2.50. The van der Waals surface area contributed by atoms with Gasteiger partial charge in [-0.05, 0) is 48.8 Å². The zero-order valence-corrected chi connectivity index (χ0v) is 20.2. The summed E-state index contributed by atoms with van der Waals surface area (Å²) in [5.41, 5.74) is 1.70. The van der Waals surface area contributed by atoms with Gasteiger partial charge in [0, 0.05) is 5.29 Å². The van der Waals surface area contributed by atoms with Gasteiger partial charge < -0.3 is 0 Å². The zero-order valence-electron chi connectivity index (χ0n) is 19.3. The quantitative estimate of drug-likeness (QED) is 0.326. The number of hydrogen-bond donors (Lipinski definition) is 0. The molecular formula is C30H26NO2P. The molecule has 0 aromatic heterocycles. The predicted octanol–water partition coefficient (Wildman–Crippen LogP) is 4.67. The Kier molecular flexibility index (Phi) is 5.81. The first-order valence-electron chi connectivity index (χ1n) is 11.4. The van der Waals surface area contributed by atoms with Gasteiger partial charge in [0.05, 0.1) is 11.6 Å². The summed E-state index contributed by atoms with van der Waals surface area (Å²) in [5, 5.41) is 3.89. The van der Waals surface area contributed by atoms with E-state index >= 15 is 0 Å². The molecule has 2 amide bonds. The van der Waals surface area contributed by atoms with E-state index < -0.39 is 12.8 Å². The van der Waals surface area contributed by atoms with Crippen LogP contribution in [-0.4, -0.2) is 17.1 Å². The third-order valence-electron chi connectivity index (χ3n) is 6.51. The summed E-state index contributed by atoms with van der Waals surface area (Å²) in [6, 6.07) is 38.2. The van der Waals surface area contributed by atoms with Gasteiger partial charge in [0.15, 0.2) is 0 Å². The smallest absolute Gasteiger partial charge is 0.262 e. The minimum Gasteiger partial charge on any atom is -0.273 e. The molecule has 3 nitrogen and oxygen atoms in total. The van der Waals surface area contributed by atoms with Crippen molar-refractivity contribution in [3.8, 4) is 0 Å². The molecule has 0 bridgehead atoms. The summed E-state index contributed by atoms with van der Waals surface area (Å²) in [6.07, 6.45) is 0. The van der Waals surface area contributed by atoms with Crippen molar-refractivity contribution < 1.29 is 9.59 Å². The molecule has 5 rings (SSSR count). The molecule has 1 heterocycles. The number of carbonyl (C=O) groups is 2. The van der Waals surface area contributed by atoms with Crippen molar-refractivity contribution >= 4 is 45.6 Å². The van der Waals surface area contributed by atoms with E-state index in [4.69, 9.17) is 0 Å². The van der Waals surface area contributed by atoms with Gasteiger partial charge in [-0.15, -0.1) is 0 Å². The summed E-state index contributed by atoms with van der Waals surface area (Å²) in [4.78, 5) is 29.3. The van der Waals surface area contributed by atoms with E-state index in [0.717, 1.165) is 21.5 Å². The Morgan fingerprint density at radius 2 is 1.03 bits per heavy atom. The van der Waals surface area contributed by atoms with Crippen molar-refractivity contribution in [1.82, 2.24) is 0 Å². The van der Waals surface area contributed by atoms with Crippen molar-refractivity contribution in [2.24, 2.45) is 5.92 Å². The number of nitrogens with zero attached hydrogens (tertiary/aromatic N) is 1. The second-order valence-electron chi connectivity index (χ2n) is 8.60. The average molecular weight is 464 g/mol. The van der Waals surface area contributed by atoms with Crippen LogP contribution in [0.4, 0.5) is 5.69 Å². The lowest BCUT2D eigenvalue weighted by Crippen LogP contribution is -2.36. The second kappa shape index (κ2) is 8.93. The third kappa shape index (κ3) is 3.45. The van der Waals surface area contributed by atoms with E-state index in [1.807, 2.05) is 92.7 Å². The highest BCUT2D eigenvalue weighted by Gasteiger charge is 2.47. The lowest BCUT2D eigenvalue weighted by atomic mass is 10.1. The zero-order chi connectivity index (χ0) is 23.7. The minimum atomic E-state index is -2.61. The number of anilines is 1. The van der Waals surface area contributed by atoms with Gasteiger partial charge in [0.25, 0.3) is 5.91 Å². The molecule has 0 aliphatic carbocycles. The van der Waals surface area contributed by atoms with Crippen LogP contribution in [0.5, 0.6) is 0 Å². The average Bonchev–Trinajstić information content (AvgIpc) is 3.11. The Hall–Kier alpha value is -3.68. The number of aryl methyl sites for hydroxylation is 1. The van der Waals surface area contributed by atoms with Crippen molar-refractivity contribution in [2.75, 3.05) is 4.90 Å². The van der Waals surface area contributed by atoms with Gasteiger partial charge >= 0.3 is 0 Å². The molecule has 4 aromatic rings. The summed E-state index contributed by atoms with van der Waals surface area (Å²) >= 11 is 0. The van der Waals surface area contributed by atoms with Crippen LogP contribution in [0.3, 0.4) is 0 Å². The number of hydrogen-bond acceptors (Lipinski definition) is 2. The Labute approximate surface area is 200 Å². The first kappa shape index (κ1) is 22.1. The van der Waals surface area contributed by atoms with E-state index in [9.17, 15) is 9.59 Å². The number of imide groups is 1. The number of carbonyl (C=O) groups excluding carboxylic acids is 2. The van der Waals surface area contributed by atoms with E-state index in [1.165, 1.54) is 4.90 Å². The molecule has 1 unspecified atom stereocenters. The number of amides is 2. The molecule has 4 heteroatoms. The normalized spacial score (nSPS) is 16.2. The number of rotatable bonds is 4. The Morgan fingerprint density at radius 3 is 1.44 bits per heavy atom. The van der Waals surface area contributed by atoms with Crippen LogP contribution < -0.4 is 20.8 Å². The fourth-order valence-corrected chi connectivity index (χ4v) is 9.57. The molecular weight excluding hydrogens is 437 g/mol. The van der Waals surface area contributed by atoms with E-state index in [-0.39, 0.29) is 11.8 Å². The first-order valence-corrected chi connectivity index (χ1v) is 13.2. The largest absolute Gasteiger partial charge is 0.273 e. The van der Waals surface area contributed by atoms with Crippen molar-refractivity contribution in [3.63, 3.8) is 0 Å². The molecule has 0 spiro atoms. The molecule has 0 N–H and O–H groups in total. The second-order valence-corrected chi connectivity index (χ2v) is 12.0. The Balaban J connectivity index is 1.92. The van der Waals surface area contributed by atoms with E-state index in [2.05, 4.69) is 36.4 Å². The van der Waals surface area contributed by atoms with Crippen molar-refractivity contribution in [2.45, 2.75) is 13.8 Å². The van der Waals surface area contributed by atoms with Gasteiger partial charge in [-0.1, -0.05) is 109 Å². The lowest BCUT2D eigenvalue weighted by molar-refractivity contribution is -0.122. The first-order chi connectivity index (χ1) is 16.5. The Morgan fingerprint density at radius 1 is 0.618 bits per heavy atom. The molecule has 168 valence electrons. The topological polar surface area (TPSA) is 37.4 Å². The van der Waals surface area contributed by atoms with Crippen molar-refractivity contribution in [1.29, 1.82) is 0 Å². The molecule has 1 fully saturated rings. The van der Waals surface area contributed by atoms with Crippen molar-refractivity contribution in [3.05, 3.63) is 121 Å². The molecule has 0 radical (unpaired) electrons. The molecule has 34 heavy (non-hydrogen) atoms. The summed E-state index contributed by atoms with van der Waals surface area (Å²) in [6.45, 7) is 1.26. The molecule has 1 aliphatic rings. The summed E-state index contributed by atoms with van der Waals surface area (Å²) in [5.74, 6) is -0.912. The van der Waals surface area contributed by atoms with Crippen LogP contribution in [0.1, 0.15) is 12.5 Å². The fraction of sp³-hybridized carbons (Fsp3) is 0.100. The van der Waals surface area contributed by atoms with Gasteiger partial charge in [0.2, 0.25) is 5.91 Å². The van der Waals surface area contributed by atoms with Gasteiger partial charge in [-0.25, -0.2) is 4.90 Å². The van der Waals surface area contributed by atoms with Gasteiger partial charge in [0.1, 0.15) is 0 Å². The minimum absolute atomic E-state index is 0.170. The highest BCUT2D eigenvalue weighted by molar-refractivity contribution is 7.96. The predicted molar refractivity (Wildman–Crippen MR) is 143 cm³/mol. The summed E-state index contributed by atoms with van der Waals surface area (Å²) < 4.78 is 0. The van der Waals surface area contributed by atoms with Crippen LogP contribution in [-0.2, 0) is 9.59 Å².